The summed E-state index contributed by atoms with van der Waals surface area (Å²) < 4.78 is 5.19. The molecule has 1 unspecified atom stereocenters. The lowest BCUT2D eigenvalue weighted by Crippen LogP contribution is -2.45. The molecule has 0 amide bonds. The van der Waals surface area contributed by atoms with Gasteiger partial charge in [0.05, 0.1) is 6.61 Å². The number of carbonyl (C=O) groups is 1. The van der Waals surface area contributed by atoms with Crippen LogP contribution in [0.15, 0.2) is 43.0 Å². The van der Waals surface area contributed by atoms with Crippen molar-refractivity contribution in [3.05, 3.63) is 48.6 Å². The Bertz CT molecular complexity index is 450. The van der Waals surface area contributed by atoms with Crippen LogP contribution in [0.1, 0.15) is 37.7 Å². The zero-order valence-electron chi connectivity index (χ0n) is 12.8. The number of carbonyl (C=O) groups excluding carboxylic acids is 1. The summed E-state index contributed by atoms with van der Waals surface area (Å²) in [6.45, 7) is 7.94. The molecule has 0 radical (unpaired) electrons. The first-order chi connectivity index (χ1) is 10.3. The zero-order valence-corrected chi connectivity index (χ0v) is 12.8. The number of likely N-dealkylation sites (tertiary alicyclic amines) is 1. The molecule has 1 atom stereocenters. The highest BCUT2D eigenvalue weighted by atomic mass is 16.5. The van der Waals surface area contributed by atoms with Crippen molar-refractivity contribution in [1.29, 1.82) is 0 Å². The lowest BCUT2D eigenvalue weighted by Gasteiger charge is -2.36. The van der Waals surface area contributed by atoms with E-state index in [2.05, 4.69) is 41.8 Å². The number of rotatable bonds is 6. The summed E-state index contributed by atoms with van der Waals surface area (Å²) in [4.78, 5) is 14.3. The second-order valence-corrected chi connectivity index (χ2v) is 5.51. The molecule has 21 heavy (non-hydrogen) atoms. The van der Waals surface area contributed by atoms with Gasteiger partial charge in [0.2, 0.25) is 0 Å². The van der Waals surface area contributed by atoms with E-state index in [1.54, 1.807) is 0 Å². The zero-order chi connectivity index (χ0) is 15.1. The van der Waals surface area contributed by atoms with Crippen molar-refractivity contribution in [2.24, 2.45) is 0 Å². The van der Waals surface area contributed by atoms with Crippen molar-refractivity contribution < 1.29 is 9.53 Å². The van der Waals surface area contributed by atoms with Crippen molar-refractivity contribution in [3.8, 4) is 0 Å². The van der Waals surface area contributed by atoms with Crippen LogP contribution in [-0.2, 0) is 9.53 Å². The maximum atomic E-state index is 12.1. The molecule has 1 aliphatic heterocycles. The first-order valence-electron chi connectivity index (χ1n) is 7.82. The number of nitrogens with zero attached hydrogens (tertiary/aromatic N) is 1. The molecule has 1 saturated heterocycles. The van der Waals surface area contributed by atoms with Gasteiger partial charge in [-0.25, -0.2) is 0 Å². The molecule has 0 N–H and O–H groups in total. The van der Waals surface area contributed by atoms with Gasteiger partial charge in [-0.15, -0.1) is 6.58 Å². The lowest BCUT2D eigenvalue weighted by molar-refractivity contribution is -0.150. The van der Waals surface area contributed by atoms with Gasteiger partial charge in [-0.3, -0.25) is 9.69 Å². The summed E-state index contributed by atoms with van der Waals surface area (Å²) in [5.74, 6) is 0.490. The van der Waals surface area contributed by atoms with Crippen LogP contribution in [0.3, 0.4) is 0 Å². The smallest absolute Gasteiger partial charge is 0.323 e. The Balaban J connectivity index is 1.94. The molecular weight excluding hydrogens is 262 g/mol. The summed E-state index contributed by atoms with van der Waals surface area (Å²) in [5, 5.41) is 0. The fraction of sp³-hybridized carbons (Fsp3) is 0.500. The summed E-state index contributed by atoms with van der Waals surface area (Å²) in [7, 11) is 0. The molecule has 0 aliphatic carbocycles. The maximum Gasteiger partial charge on any atom is 0.323 e. The standard InChI is InChI=1S/C18H25NO2/c1-3-8-17(18(20)21-4-2)19-13-11-16(12-14-19)15-9-6-5-7-10-15/h3,5-7,9-10,16-17H,1,4,8,11-14H2,2H3. The average molecular weight is 287 g/mol. The molecule has 2 rings (SSSR count). The van der Waals surface area contributed by atoms with Gasteiger partial charge in [-0.05, 0) is 50.8 Å². The molecule has 1 aromatic rings. The van der Waals surface area contributed by atoms with Crippen LogP contribution in [0, 0.1) is 0 Å². The minimum Gasteiger partial charge on any atom is -0.465 e. The van der Waals surface area contributed by atoms with Gasteiger partial charge in [0, 0.05) is 0 Å². The van der Waals surface area contributed by atoms with Crippen molar-refractivity contribution in [3.63, 3.8) is 0 Å². The first-order valence-corrected chi connectivity index (χ1v) is 7.82. The van der Waals surface area contributed by atoms with Crippen molar-refractivity contribution in [1.82, 2.24) is 4.90 Å². The maximum absolute atomic E-state index is 12.1. The summed E-state index contributed by atoms with van der Waals surface area (Å²) >= 11 is 0. The molecule has 1 aliphatic rings. The molecule has 0 saturated carbocycles. The van der Waals surface area contributed by atoms with Crippen LogP contribution < -0.4 is 0 Å². The Labute approximate surface area is 127 Å². The third kappa shape index (κ3) is 4.18. The SMILES string of the molecule is C=CCC(C(=O)OCC)N1CCC(c2ccccc2)CC1. The average Bonchev–Trinajstić information content (AvgIpc) is 2.54. The predicted molar refractivity (Wildman–Crippen MR) is 85.2 cm³/mol. The van der Waals surface area contributed by atoms with Crippen LogP contribution in [0.25, 0.3) is 0 Å². The quantitative estimate of drug-likeness (QED) is 0.593. The monoisotopic (exact) mass is 287 g/mol. The van der Waals surface area contributed by atoms with Gasteiger partial charge in [0.15, 0.2) is 0 Å². The highest BCUT2D eigenvalue weighted by Crippen LogP contribution is 2.29. The van der Waals surface area contributed by atoms with E-state index in [0.717, 1.165) is 25.9 Å². The number of hydrogen-bond acceptors (Lipinski definition) is 3. The van der Waals surface area contributed by atoms with Crippen LogP contribution in [-0.4, -0.2) is 36.6 Å². The number of piperidine rings is 1. The largest absolute Gasteiger partial charge is 0.465 e. The molecule has 0 bridgehead atoms. The third-order valence-electron chi connectivity index (χ3n) is 4.19. The van der Waals surface area contributed by atoms with E-state index in [0.29, 0.717) is 18.9 Å². The van der Waals surface area contributed by atoms with E-state index >= 15 is 0 Å². The van der Waals surface area contributed by atoms with E-state index in [-0.39, 0.29) is 12.0 Å². The molecule has 3 nitrogen and oxygen atoms in total. The second-order valence-electron chi connectivity index (χ2n) is 5.51. The molecule has 1 aromatic carbocycles. The first kappa shape index (κ1) is 15.8. The molecule has 3 heteroatoms. The van der Waals surface area contributed by atoms with Crippen LogP contribution in [0.5, 0.6) is 0 Å². The molecule has 1 heterocycles. The van der Waals surface area contributed by atoms with Crippen molar-refractivity contribution >= 4 is 5.97 Å². The topological polar surface area (TPSA) is 29.5 Å². The van der Waals surface area contributed by atoms with Gasteiger partial charge in [-0.1, -0.05) is 36.4 Å². The Morgan fingerprint density at radius 1 is 1.38 bits per heavy atom. The Morgan fingerprint density at radius 3 is 2.62 bits per heavy atom. The highest BCUT2D eigenvalue weighted by molar-refractivity contribution is 5.76. The van der Waals surface area contributed by atoms with E-state index in [4.69, 9.17) is 4.74 Å². The second kappa shape index (κ2) is 7.99. The van der Waals surface area contributed by atoms with Gasteiger partial charge in [-0.2, -0.15) is 0 Å². The van der Waals surface area contributed by atoms with Gasteiger partial charge < -0.3 is 4.74 Å². The number of esters is 1. The predicted octanol–water partition coefficient (Wildman–Crippen LogP) is 3.37. The number of hydrogen-bond donors (Lipinski definition) is 0. The van der Waals surface area contributed by atoms with Gasteiger partial charge in [0.1, 0.15) is 6.04 Å². The van der Waals surface area contributed by atoms with Gasteiger partial charge in [0.25, 0.3) is 0 Å². The van der Waals surface area contributed by atoms with Crippen LogP contribution >= 0.6 is 0 Å². The Hall–Kier alpha value is -1.61. The van der Waals surface area contributed by atoms with E-state index < -0.39 is 0 Å². The third-order valence-corrected chi connectivity index (χ3v) is 4.19. The van der Waals surface area contributed by atoms with Crippen LogP contribution in [0.2, 0.25) is 0 Å². The molecule has 114 valence electrons. The lowest BCUT2D eigenvalue weighted by atomic mass is 9.89. The Morgan fingerprint density at radius 2 is 2.05 bits per heavy atom. The molecular formula is C18H25NO2. The number of benzene rings is 1. The minimum atomic E-state index is -0.167. The van der Waals surface area contributed by atoms with Crippen molar-refractivity contribution in [2.75, 3.05) is 19.7 Å². The summed E-state index contributed by atoms with van der Waals surface area (Å²) in [5.41, 5.74) is 1.41. The molecule has 0 aromatic heterocycles. The molecule has 0 spiro atoms. The minimum absolute atomic E-state index is 0.115. The highest BCUT2D eigenvalue weighted by Gasteiger charge is 2.30. The molecule has 1 fully saturated rings. The van der Waals surface area contributed by atoms with E-state index in [1.165, 1.54) is 5.56 Å². The number of ether oxygens (including phenoxy) is 1. The fourth-order valence-corrected chi connectivity index (χ4v) is 3.06. The van der Waals surface area contributed by atoms with Crippen molar-refractivity contribution in [2.45, 2.75) is 38.1 Å². The normalized spacial score (nSPS) is 18.1. The summed E-state index contributed by atoms with van der Waals surface area (Å²) in [6.07, 6.45) is 4.66. The van der Waals surface area contributed by atoms with E-state index in [9.17, 15) is 4.79 Å². The van der Waals surface area contributed by atoms with E-state index in [1.807, 2.05) is 13.0 Å². The fourth-order valence-electron chi connectivity index (χ4n) is 3.06. The Kier molecular flexibility index (Phi) is 6.00. The van der Waals surface area contributed by atoms with Gasteiger partial charge >= 0.3 is 5.97 Å². The summed E-state index contributed by atoms with van der Waals surface area (Å²) in [6, 6.07) is 10.5. The van der Waals surface area contributed by atoms with Crippen LogP contribution in [0.4, 0.5) is 0 Å².